The highest BCUT2D eigenvalue weighted by Crippen LogP contribution is 2.19. The van der Waals surface area contributed by atoms with Crippen LogP contribution in [0.2, 0.25) is 0 Å². The van der Waals surface area contributed by atoms with E-state index in [1.807, 2.05) is 56.3 Å². The number of para-hydroxylation sites is 1. The molecule has 0 aromatic heterocycles. The highest BCUT2D eigenvalue weighted by Gasteiger charge is 2.21. The topological polar surface area (TPSA) is 64.7 Å². The Balaban J connectivity index is 1.41. The van der Waals surface area contributed by atoms with E-state index in [9.17, 15) is 9.59 Å². The number of nitrogens with zero attached hydrogens (tertiary/aromatic N) is 2. The molecule has 2 aromatic rings. The minimum atomic E-state index is -0.0199. The number of carbonyl (C=O) groups is 2. The van der Waals surface area contributed by atoms with Crippen molar-refractivity contribution in [2.75, 3.05) is 49.9 Å². The Morgan fingerprint density at radius 1 is 0.828 bits per heavy atom. The number of halogens is 1. The fourth-order valence-electron chi connectivity index (χ4n) is 3.44. The Bertz CT molecular complexity index is 841. The van der Waals surface area contributed by atoms with Gasteiger partial charge in [-0.2, -0.15) is 0 Å². The standard InChI is InChI=1S/C22H27BrN4O2/c1-16-4-3-5-17(2)22(16)25-21(29)15-27-12-10-26(11-13-27)14-20(28)24-19-8-6-18(23)7-9-19/h3-9H,10-15H2,1-2H3,(H,24,28)(H,25,29). The normalized spacial score (nSPS) is 15.1. The van der Waals surface area contributed by atoms with Crippen molar-refractivity contribution in [3.8, 4) is 0 Å². The van der Waals surface area contributed by atoms with Crippen molar-refractivity contribution < 1.29 is 9.59 Å². The van der Waals surface area contributed by atoms with E-state index >= 15 is 0 Å². The number of benzene rings is 2. The maximum atomic E-state index is 12.4. The summed E-state index contributed by atoms with van der Waals surface area (Å²) in [4.78, 5) is 28.9. The maximum Gasteiger partial charge on any atom is 0.238 e. The third kappa shape index (κ3) is 6.39. The zero-order valence-corrected chi connectivity index (χ0v) is 18.5. The molecule has 154 valence electrons. The van der Waals surface area contributed by atoms with Gasteiger partial charge in [-0.05, 0) is 49.2 Å². The van der Waals surface area contributed by atoms with Gasteiger partial charge in [0, 0.05) is 42.0 Å². The lowest BCUT2D eigenvalue weighted by molar-refractivity contribution is -0.120. The number of amides is 2. The summed E-state index contributed by atoms with van der Waals surface area (Å²) in [7, 11) is 0. The molecule has 0 spiro atoms. The molecular formula is C22H27BrN4O2. The fourth-order valence-corrected chi connectivity index (χ4v) is 3.70. The molecule has 0 atom stereocenters. The molecule has 1 heterocycles. The molecule has 1 saturated heterocycles. The van der Waals surface area contributed by atoms with Crippen LogP contribution in [0.4, 0.5) is 11.4 Å². The van der Waals surface area contributed by atoms with Crippen molar-refractivity contribution in [2.45, 2.75) is 13.8 Å². The van der Waals surface area contributed by atoms with Gasteiger partial charge in [0.15, 0.2) is 0 Å². The first-order chi connectivity index (χ1) is 13.9. The summed E-state index contributed by atoms with van der Waals surface area (Å²) in [5.41, 5.74) is 3.83. The monoisotopic (exact) mass is 458 g/mol. The van der Waals surface area contributed by atoms with Gasteiger partial charge in [-0.15, -0.1) is 0 Å². The summed E-state index contributed by atoms with van der Waals surface area (Å²) in [6, 6.07) is 13.5. The van der Waals surface area contributed by atoms with Gasteiger partial charge in [0.2, 0.25) is 11.8 Å². The van der Waals surface area contributed by atoms with Gasteiger partial charge in [0.05, 0.1) is 13.1 Å². The van der Waals surface area contributed by atoms with Crippen LogP contribution in [0, 0.1) is 13.8 Å². The lowest BCUT2D eigenvalue weighted by Gasteiger charge is -2.33. The van der Waals surface area contributed by atoms with Crippen LogP contribution in [0.5, 0.6) is 0 Å². The van der Waals surface area contributed by atoms with Crippen LogP contribution < -0.4 is 10.6 Å². The largest absolute Gasteiger partial charge is 0.325 e. The Morgan fingerprint density at radius 2 is 1.31 bits per heavy atom. The van der Waals surface area contributed by atoms with Gasteiger partial charge < -0.3 is 10.6 Å². The highest BCUT2D eigenvalue weighted by atomic mass is 79.9. The zero-order chi connectivity index (χ0) is 20.8. The van der Waals surface area contributed by atoms with Crippen LogP contribution in [0.25, 0.3) is 0 Å². The fraction of sp³-hybridized carbons (Fsp3) is 0.364. The van der Waals surface area contributed by atoms with E-state index in [-0.39, 0.29) is 11.8 Å². The van der Waals surface area contributed by atoms with Crippen LogP contribution in [0.15, 0.2) is 46.9 Å². The Labute approximate surface area is 180 Å². The first-order valence-electron chi connectivity index (χ1n) is 9.77. The Kier molecular flexibility index (Phi) is 7.41. The molecule has 6 nitrogen and oxygen atoms in total. The molecule has 0 bridgehead atoms. The predicted octanol–water partition coefficient (Wildman–Crippen LogP) is 3.26. The smallest absolute Gasteiger partial charge is 0.238 e. The maximum absolute atomic E-state index is 12.4. The third-order valence-corrected chi connectivity index (χ3v) is 5.60. The third-order valence-electron chi connectivity index (χ3n) is 5.07. The minimum absolute atomic E-state index is 0.00355. The van der Waals surface area contributed by atoms with Crippen molar-refractivity contribution in [2.24, 2.45) is 0 Å². The van der Waals surface area contributed by atoms with Crippen molar-refractivity contribution >= 4 is 39.1 Å². The van der Waals surface area contributed by atoms with Gasteiger partial charge in [-0.25, -0.2) is 0 Å². The van der Waals surface area contributed by atoms with Crippen molar-refractivity contribution in [1.29, 1.82) is 0 Å². The molecule has 29 heavy (non-hydrogen) atoms. The number of aryl methyl sites for hydroxylation is 2. The average Bonchev–Trinajstić information content (AvgIpc) is 2.68. The lowest BCUT2D eigenvalue weighted by Crippen LogP contribution is -2.50. The van der Waals surface area contributed by atoms with E-state index in [2.05, 4.69) is 36.4 Å². The molecule has 1 fully saturated rings. The predicted molar refractivity (Wildman–Crippen MR) is 120 cm³/mol. The minimum Gasteiger partial charge on any atom is -0.325 e. The van der Waals surface area contributed by atoms with E-state index in [1.54, 1.807) is 0 Å². The van der Waals surface area contributed by atoms with Gasteiger partial charge in [-0.1, -0.05) is 34.1 Å². The van der Waals surface area contributed by atoms with Crippen molar-refractivity contribution in [1.82, 2.24) is 9.80 Å². The van der Waals surface area contributed by atoms with Gasteiger partial charge >= 0.3 is 0 Å². The van der Waals surface area contributed by atoms with Gasteiger partial charge in [-0.3, -0.25) is 19.4 Å². The highest BCUT2D eigenvalue weighted by molar-refractivity contribution is 9.10. The summed E-state index contributed by atoms with van der Waals surface area (Å²) in [5.74, 6) is -0.0163. The SMILES string of the molecule is Cc1cccc(C)c1NC(=O)CN1CCN(CC(=O)Nc2ccc(Br)cc2)CC1. The molecule has 7 heteroatoms. The molecule has 0 radical (unpaired) electrons. The van der Waals surface area contributed by atoms with Crippen LogP contribution in [0.3, 0.4) is 0 Å². The van der Waals surface area contributed by atoms with E-state index < -0.39 is 0 Å². The van der Waals surface area contributed by atoms with Crippen molar-refractivity contribution in [3.63, 3.8) is 0 Å². The van der Waals surface area contributed by atoms with Crippen LogP contribution in [0.1, 0.15) is 11.1 Å². The second kappa shape index (κ2) is 10.0. The second-order valence-corrected chi connectivity index (χ2v) is 8.34. The Morgan fingerprint density at radius 3 is 1.83 bits per heavy atom. The number of hydrogen-bond donors (Lipinski definition) is 2. The quantitative estimate of drug-likeness (QED) is 0.696. The van der Waals surface area contributed by atoms with Crippen molar-refractivity contribution in [3.05, 3.63) is 58.1 Å². The Hall–Kier alpha value is -2.22. The number of carbonyl (C=O) groups excluding carboxylic acids is 2. The average molecular weight is 459 g/mol. The zero-order valence-electron chi connectivity index (χ0n) is 16.9. The van der Waals surface area contributed by atoms with E-state index in [0.29, 0.717) is 13.1 Å². The first kappa shape index (κ1) is 21.5. The summed E-state index contributed by atoms with van der Waals surface area (Å²) in [5, 5.41) is 5.96. The molecule has 1 aliphatic rings. The van der Waals surface area contributed by atoms with Crippen LogP contribution in [-0.2, 0) is 9.59 Å². The van der Waals surface area contributed by atoms with E-state index in [4.69, 9.17) is 0 Å². The lowest BCUT2D eigenvalue weighted by atomic mass is 10.1. The molecule has 0 saturated carbocycles. The molecule has 2 aromatic carbocycles. The molecule has 0 unspecified atom stereocenters. The van der Waals surface area contributed by atoms with Gasteiger partial charge in [0.25, 0.3) is 0 Å². The molecule has 3 rings (SSSR count). The second-order valence-electron chi connectivity index (χ2n) is 7.42. The molecule has 2 amide bonds. The van der Waals surface area contributed by atoms with Crippen LogP contribution >= 0.6 is 15.9 Å². The number of hydrogen-bond acceptors (Lipinski definition) is 4. The number of rotatable bonds is 6. The van der Waals surface area contributed by atoms with Gasteiger partial charge in [0.1, 0.15) is 0 Å². The summed E-state index contributed by atoms with van der Waals surface area (Å²) in [6.07, 6.45) is 0. The molecule has 0 aliphatic carbocycles. The van der Waals surface area contributed by atoms with E-state index in [1.165, 1.54) is 0 Å². The molecule has 2 N–H and O–H groups in total. The molecule has 1 aliphatic heterocycles. The molecular weight excluding hydrogens is 432 g/mol. The number of nitrogens with one attached hydrogen (secondary N) is 2. The summed E-state index contributed by atoms with van der Waals surface area (Å²) >= 11 is 3.39. The number of anilines is 2. The van der Waals surface area contributed by atoms with E-state index in [0.717, 1.165) is 53.2 Å². The summed E-state index contributed by atoms with van der Waals surface area (Å²) in [6.45, 7) is 7.80. The summed E-state index contributed by atoms with van der Waals surface area (Å²) < 4.78 is 0.980. The first-order valence-corrected chi connectivity index (χ1v) is 10.6. The number of piperazine rings is 1. The van der Waals surface area contributed by atoms with Crippen LogP contribution in [-0.4, -0.2) is 60.9 Å².